The van der Waals surface area contributed by atoms with Crippen LogP contribution < -0.4 is 10.9 Å². The molecule has 9 heteroatoms. The third-order valence-corrected chi connectivity index (χ3v) is 6.48. The first kappa shape index (κ1) is 23.1. The number of carbonyl (C=O) groups excluding carboxylic acids is 2. The number of carbonyl (C=O) groups is 2. The van der Waals surface area contributed by atoms with E-state index < -0.39 is 27.8 Å². The normalized spacial score (nSPS) is 11.4. The predicted octanol–water partition coefficient (Wildman–Crippen LogP) is 3.04. The SMILES string of the molecule is CC(=O)c1cccc(NC(=O)Cn2nc(S(=O)(=O)c3ccc(C(C)C)cc3)ccc2=O)c1. The quantitative estimate of drug-likeness (QED) is 0.550. The van der Waals surface area contributed by atoms with E-state index in [-0.39, 0.29) is 21.6 Å². The highest BCUT2D eigenvalue weighted by molar-refractivity contribution is 7.91. The molecule has 166 valence electrons. The van der Waals surface area contributed by atoms with E-state index in [2.05, 4.69) is 10.4 Å². The van der Waals surface area contributed by atoms with Crippen molar-refractivity contribution in [3.05, 3.63) is 82.1 Å². The van der Waals surface area contributed by atoms with E-state index in [0.717, 1.165) is 22.4 Å². The zero-order valence-corrected chi connectivity index (χ0v) is 18.7. The fourth-order valence-corrected chi connectivity index (χ4v) is 4.18. The molecule has 1 aromatic heterocycles. The van der Waals surface area contributed by atoms with Crippen molar-refractivity contribution in [1.29, 1.82) is 0 Å². The average molecular weight is 454 g/mol. The Balaban J connectivity index is 1.83. The lowest BCUT2D eigenvalue weighted by Crippen LogP contribution is -2.30. The Morgan fingerprint density at radius 1 is 1.03 bits per heavy atom. The molecule has 0 saturated carbocycles. The molecule has 0 aliphatic heterocycles. The number of hydrogen-bond acceptors (Lipinski definition) is 6. The summed E-state index contributed by atoms with van der Waals surface area (Å²) in [6, 6.07) is 15.0. The van der Waals surface area contributed by atoms with Crippen molar-refractivity contribution in [1.82, 2.24) is 9.78 Å². The number of hydrogen-bond donors (Lipinski definition) is 1. The van der Waals surface area contributed by atoms with Crippen LogP contribution >= 0.6 is 0 Å². The third kappa shape index (κ3) is 5.17. The molecule has 0 fully saturated rings. The second-order valence-electron chi connectivity index (χ2n) is 7.58. The number of benzene rings is 2. The Morgan fingerprint density at radius 3 is 2.34 bits per heavy atom. The summed E-state index contributed by atoms with van der Waals surface area (Å²) >= 11 is 0. The van der Waals surface area contributed by atoms with Crippen molar-refractivity contribution in [2.75, 3.05) is 5.32 Å². The second-order valence-corrected chi connectivity index (χ2v) is 9.48. The van der Waals surface area contributed by atoms with E-state index in [1.807, 2.05) is 13.8 Å². The average Bonchev–Trinajstić information content (AvgIpc) is 2.75. The molecule has 0 aliphatic carbocycles. The van der Waals surface area contributed by atoms with E-state index in [1.54, 1.807) is 30.3 Å². The van der Waals surface area contributed by atoms with Crippen LogP contribution in [0.1, 0.15) is 42.6 Å². The van der Waals surface area contributed by atoms with Crippen LogP contribution in [0.25, 0.3) is 0 Å². The van der Waals surface area contributed by atoms with Gasteiger partial charge in [0.15, 0.2) is 10.8 Å². The van der Waals surface area contributed by atoms with Crippen LogP contribution in [0.15, 0.2) is 75.4 Å². The summed E-state index contributed by atoms with van der Waals surface area (Å²) in [5.41, 5.74) is 1.18. The number of aromatic nitrogens is 2. The highest BCUT2D eigenvalue weighted by Gasteiger charge is 2.21. The lowest BCUT2D eigenvalue weighted by molar-refractivity contribution is -0.117. The van der Waals surface area contributed by atoms with Crippen molar-refractivity contribution >= 4 is 27.2 Å². The summed E-state index contributed by atoms with van der Waals surface area (Å²) in [5.74, 6) is -0.490. The highest BCUT2D eigenvalue weighted by Crippen LogP contribution is 2.21. The molecule has 0 spiro atoms. The zero-order valence-electron chi connectivity index (χ0n) is 17.9. The van der Waals surface area contributed by atoms with Crippen LogP contribution in [-0.2, 0) is 21.2 Å². The van der Waals surface area contributed by atoms with Gasteiger partial charge in [0, 0.05) is 17.3 Å². The van der Waals surface area contributed by atoms with Crippen molar-refractivity contribution in [2.45, 2.75) is 43.2 Å². The van der Waals surface area contributed by atoms with Gasteiger partial charge in [0.25, 0.3) is 5.56 Å². The number of anilines is 1. The minimum absolute atomic E-state index is 0.0464. The zero-order chi connectivity index (χ0) is 23.5. The summed E-state index contributed by atoms with van der Waals surface area (Å²) in [6.45, 7) is 4.93. The minimum atomic E-state index is -3.97. The fourth-order valence-electron chi connectivity index (χ4n) is 2.99. The number of Topliss-reactive ketones (excluding diaryl/α,β-unsaturated/α-hetero) is 1. The van der Waals surface area contributed by atoms with Crippen LogP contribution in [0.3, 0.4) is 0 Å². The fraction of sp³-hybridized carbons (Fsp3) is 0.217. The van der Waals surface area contributed by atoms with E-state index in [9.17, 15) is 22.8 Å². The van der Waals surface area contributed by atoms with E-state index in [1.165, 1.54) is 25.1 Å². The first-order chi connectivity index (χ1) is 15.1. The molecule has 0 aliphatic rings. The molecule has 0 radical (unpaired) electrons. The minimum Gasteiger partial charge on any atom is -0.324 e. The topological polar surface area (TPSA) is 115 Å². The summed E-state index contributed by atoms with van der Waals surface area (Å²) in [7, 11) is -3.97. The summed E-state index contributed by atoms with van der Waals surface area (Å²) in [4.78, 5) is 36.1. The van der Waals surface area contributed by atoms with Gasteiger partial charge in [-0.25, -0.2) is 13.1 Å². The number of ketones is 1. The molecule has 0 saturated heterocycles. The number of nitrogens with one attached hydrogen (secondary N) is 1. The molecule has 3 aromatic rings. The van der Waals surface area contributed by atoms with Gasteiger partial charge >= 0.3 is 0 Å². The van der Waals surface area contributed by atoms with E-state index in [0.29, 0.717) is 11.3 Å². The smallest absolute Gasteiger partial charge is 0.267 e. The molecule has 1 amide bonds. The first-order valence-corrected chi connectivity index (χ1v) is 11.4. The Hall–Kier alpha value is -3.59. The largest absolute Gasteiger partial charge is 0.324 e. The van der Waals surface area contributed by atoms with Gasteiger partial charge in [0.05, 0.1) is 4.90 Å². The lowest BCUT2D eigenvalue weighted by Gasteiger charge is -2.10. The lowest BCUT2D eigenvalue weighted by atomic mass is 10.0. The van der Waals surface area contributed by atoms with Crippen LogP contribution in [0.4, 0.5) is 5.69 Å². The molecule has 8 nitrogen and oxygen atoms in total. The van der Waals surface area contributed by atoms with Gasteiger partial charge in [-0.3, -0.25) is 14.4 Å². The second kappa shape index (κ2) is 9.27. The van der Waals surface area contributed by atoms with Crippen LogP contribution in [-0.4, -0.2) is 29.9 Å². The van der Waals surface area contributed by atoms with Gasteiger partial charge in [-0.2, -0.15) is 5.10 Å². The highest BCUT2D eigenvalue weighted by atomic mass is 32.2. The Labute approximate surface area is 185 Å². The third-order valence-electron chi connectivity index (χ3n) is 4.82. The van der Waals surface area contributed by atoms with Gasteiger partial charge in [-0.05, 0) is 48.7 Å². The maximum atomic E-state index is 12.9. The number of sulfone groups is 1. The molecule has 0 atom stereocenters. The van der Waals surface area contributed by atoms with Crippen molar-refractivity contribution in [3.63, 3.8) is 0 Å². The standard InChI is InChI=1S/C23H23N3O5S/c1-15(2)17-7-9-20(10-8-17)32(30,31)22-11-12-23(29)26(25-22)14-21(28)24-19-6-4-5-18(13-19)16(3)27/h4-13,15H,14H2,1-3H3,(H,24,28). The molecule has 1 heterocycles. The Bertz CT molecular complexity index is 1330. The van der Waals surface area contributed by atoms with Crippen LogP contribution in [0, 0.1) is 0 Å². The molecule has 1 N–H and O–H groups in total. The number of rotatable bonds is 7. The molecule has 0 bridgehead atoms. The number of amides is 1. The Morgan fingerprint density at radius 2 is 1.72 bits per heavy atom. The van der Waals surface area contributed by atoms with Crippen LogP contribution in [0.2, 0.25) is 0 Å². The van der Waals surface area contributed by atoms with Gasteiger partial charge in [0.1, 0.15) is 6.54 Å². The summed E-state index contributed by atoms with van der Waals surface area (Å²) in [6.07, 6.45) is 0. The van der Waals surface area contributed by atoms with E-state index in [4.69, 9.17) is 0 Å². The van der Waals surface area contributed by atoms with Gasteiger partial charge in [0.2, 0.25) is 15.7 Å². The summed E-state index contributed by atoms with van der Waals surface area (Å²) < 4.78 is 26.7. The first-order valence-electron chi connectivity index (χ1n) is 9.92. The van der Waals surface area contributed by atoms with Crippen molar-refractivity contribution in [2.24, 2.45) is 0 Å². The van der Waals surface area contributed by atoms with Crippen molar-refractivity contribution in [3.8, 4) is 0 Å². The molecule has 32 heavy (non-hydrogen) atoms. The maximum Gasteiger partial charge on any atom is 0.267 e. The van der Waals surface area contributed by atoms with E-state index >= 15 is 0 Å². The molecule has 3 rings (SSSR count). The van der Waals surface area contributed by atoms with Gasteiger partial charge < -0.3 is 5.32 Å². The molecule has 0 unspecified atom stereocenters. The predicted molar refractivity (Wildman–Crippen MR) is 120 cm³/mol. The monoisotopic (exact) mass is 453 g/mol. The van der Waals surface area contributed by atoms with Crippen molar-refractivity contribution < 1.29 is 18.0 Å². The maximum absolute atomic E-state index is 12.9. The summed E-state index contributed by atoms with van der Waals surface area (Å²) in [5, 5.41) is 6.15. The van der Waals surface area contributed by atoms with Gasteiger partial charge in [-0.15, -0.1) is 0 Å². The molecule has 2 aromatic carbocycles. The van der Waals surface area contributed by atoms with Crippen LogP contribution in [0.5, 0.6) is 0 Å². The van der Waals surface area contributed by atoms with Gasteiger partial charge in [-0.1, -0.05) is 38.1 Å². The molecular weight excluding hydrogens is 430 g/mol. The Kier molecular flexibility index (Phi) is 6.69. The molecular formula is C23H23N3O5S. The number of nitrogens with zero attached hydrogens (tertiary/aromatic N) is 2.